The highest BCUT2D eigenvalue weighted by molar-refractivity contribution is 5.81. The van der Waals surface area contributed by atoms with Gasteiger partial charge in [-0.1, -0.05) is 37.3 Å². The van der Waals surface area contributed by atoms with E-state index in [-0.39, 0.29) is 11.8 Å². The molecule has 0 aliphatic carbocycles. The number of nitrogens with one attached hydrogen (secondary N) is 1. The Morgan fingerprint density at radius 2 is 1.81 bits per heavy atom. The molecule has 1 amide bonds. The lowest BCUT2D eigenvalue weighted by Crippen LogP contribution is -2.38. The fourth-order valence-corrected chi connectivity index (χ4v) is 2.67. The second-order valence-corrected chi connectivity index (χ2v) is 6.27. The number of amides is 1. The third kappa shape index (κ3) is 4.30. The smallest absolute Gasteiger partial charge is 0.336 e. The Morgan fingerprint density at radius 3 is 2.58 bits per heavy atom. The number of ether oxygens (including phenoxy) is 1. The fourth-order valence-electron chi connectivity index (χ4n) is 2.67. The zero-order valence-corrected chi connectivity index (χ0v) is 14.8. The summed E-state index contributed by atoms with van der Waals surface area (Å²) in [6, 6.07) is 18.2. The van der Waals surface area contributed by atoms with Crippen LogP contribution in [-0.2, 0) is 4.79 Å². The van der Waals surface area contributed by atoms with Crippen LogP contribution in [0.5, 0.6) is 5.75 Å². The first kappa shape index (κ1) is 17.7. The second kappa shape index (κ2) is 7.87. The monoisotopic (exact) mass is 351 g/mol. The summed E-state index contributed by atoms with van der Waals surface area (Å²) >= 11 is 0. The number of hydrogen-bond donors (Lipinski definition) is 1. The van der Waals surface area contributed by atoms with Gasteiger partial charge in [-0.3, -0.25) is 4.79 Å². The van der Waals surface area contributed by atoms with E-state index >= 15 is 0 Å². The van der Waals surface area contributed by atoms with Crippen molar-refractivity contribution in [2.75, 3.05) is 6.54 Å². The van der Waals surface area contributed by atoms with E-state index in [4.69, 9.17) is 9.15 Å². The molecule has 26 heavy (non-hydrogen) atoms. The maximum absolute atomic E-state index is 12.3. The van der Waals surface area contributed by atoms with Crippen molar-refractivity contribution in [3.8, 4) is 5.75 Å². The molecule has 0 aliphatic heterocycles. The Kier molecular flexibility index (Phi) is 5.37. The molecule has 0 radical (unpaired) electrons. The molecule has 0 aliphatic rings. The topological polar surface area (TPSA) is 68.5 Å². The number of benzene rings is 2. The minimum absolute atomic E-state index is 0.192. The first-order chi connectivity index (χ1) is 12.5. The normalized spacial score (nSPS) is 13.2. The van der Waals surface area contributed by atoms with Gasteiger partial charge in [0.1, 0.15) is 11.3 Å². The lowest BCUT2D eigenvalue weighted by atomic mass is 10.0. The van der Waals surface area contributed by atoms with Crippen LogP contribution in [0.3, 0.4) is 0 Å². The van der Waals surface area contributed by atoms with Crippen LogP contribution in [0.15, 0.2) is 69.9 Å². The van der Waals surface area contributed by atoms with E-state index in [0.717, 1.165) is 5.39 Å². The molecule has 0 saturated carbocycles. The second-order valence-electron chi connectivity index (χ2n) is 6.27. The van der Waals surface area contributed by atoms with Crippen molar-refractivity contribution in [2.45, 2.75) is 25.9 Å². The number of rotatable bonds is 6. The van der Waals surface area contributed by atoms with Gasteiger partial charge in [-0.15, -0.1) is 0 Å². The van der Waals surface area contributed by atoms with Gasteiger partial charge >= 0.3 is 5.63 Å². The molecular formula is C21H21NO4. The molecule has 2 atom stereocenters. The van der Waals surface area contributed by atoms with Crippen LogP contribution in [0.4, 0.5) is 0 Å². The molecule has 134 valence electrons. The molecular weight excluding hydrogens is 330 g/mol. The van der Waals surface area contributed by atoms with Crippen molar-refractivity contribution in [3.63, 3.8) is 0 Å². The summed E-state index contributed by atoms with van der Waals surface area (Å²) in [4.78, 5) is 23.6. The minimum atomic E-state index is -0.661. The Labute approximate surface area is 151 Å². The van der Waals surface area contributed by atoms with Crippen molar-refractivity contribution in [2.24, 2.45) is 0 Å². The van der Waals surface area contributed by atoms with Crippen LogP contribution in [0.2, 0.25) is 0 Å². The average Bonchev–Trinajstić information content (AvgIpc) is 2.66. The van der Waals surface area contributed by atoms with Gasteiger partial charge in [0.2, 0.25) is 0 Å². The maximum Gasteiger partial charge on any atom is 0.336 e. The SMILES string of the molecule is CC(Oc1ccc2ccc(=O)oc2c1)C(=O)NCC(C)c1ccccc1. The van der Waals surface area contributed by atoms with E-state index in [1.165, 1.54) is 11.6 Å². The Morgan fingerprint density at radius 1 is 1.08 bits per heavy atom. The molecule has 0 saturated heterocycles. The molecule has 1 aromatic heterocycles. The van der Waals surface area contributed by atoms with Gasteiger partial charge in [0.15, 0.2) is 6.10 Å². The van der Waals surface area contributed by atoms with Crippen LogP contribution < -0.4 is 15.7 Å². The van der Waals surface area contributed by atoms with E-state index in [9.17, 15) is 9.59 Å². The molecule has 3 aromatic rings. The zero-order valence-electron chi connectivity index (χ0n) is 14.8. The summed E-state index contributed by atoms with van der Waals surface area (Å²) in [5.41, 5.74) is 1.18. The van der Waals surface area contributed by atoms with Gasteiger partial charge in [-0.05, 0) is 36.6 Å². The summed E-state index contributed by atoms with van der Waals surface area (Å²) in [7, 11) is 0. The quantitative estimate of drug-likeness (QED) is 0.691. The predicted octanol–water partition coefficient (Wildman–Crippen LogP) is 3.48. The van der Waals surface area contributed by atoms with Crippen molar-refractivity contribution >= 4 is 16.9 Å². The molecule has 0 bridgehead atoms. The Bertz CT molecular complexity index is 949. The van der Waals surface area contributed by atoms with Crippen LogP contribution in [-0.4, -0.2) is 18.6 Å². The molecule has 0 spiro atoms. The van der Waals surface area contributed by atoms with Gasteiger partial charge in [-0.2, -0.15) is 0 Å². The highest BCUT2D eigenvalue weighted by Crippen LogP contribution is 2.20. The van der Waals surface area contributed by atoms with E-state index < -0.39 is 11.7 Å². The molecule has 5 nitrogen and oxygen atoms in total. The predicted molar refractivity (Wildman–Crippen MR) is 100 cm³/mol. The molecule has 2 unspecified atom stereocenters. The van der Waals surface area contributed by atoms with Gasteiger partial charge in [0.25, 0.3) is 5.91 Å². The van der Waals surface area contributed by atoms with Crippen LogP contribution in [0.1, 0.15) is 25.3 Å². The molecule has 2 aromatic carbocycles. The summed E-state index contributed by atoms with van der Waals surface area (Å²) in [5, 5.41) is 3.71. The van der Waals surface area contributed by atoms with E-state index in [1.807, 2.05) is 30.3 Å². The van der Waals surface area contributed by atoms with Crippen LogP contribution >= 0.6 is 0 Å². The zero-order chi connectivity index (χ0) is 18.5. The highest BCUT2D eigenvalue weighted by Gasteiger charge is 2.16. The fraction of sp³-hybridized carbons (Fsp3) is 0.238. The van der Waals surface area contributed by atoms with Gasteiger partial charge < -0.3 is 14.5 Å². The lowest BCUT2D eigenvalue weighted by molar-refractivity contribution is -0.127. The summed E-state index contributed by atoms with van der Waals surface area (Å²) in [6.07, 6.45) is -0.661. The first-order valence-electron chi connectivity index (χ1n) is 8.56. The largest absolute Gasteiger partial charge is 0.481 e. The summed E-state index contributed by atoms with van der Waals surface area (Å²) < 4.78 is 10.8. The van der Waals surface area contributed by atoms with E-state index in [0.29, 0.717) is 17.9 Å². The maximum atomic E-state index is 12.3. The molecule has 5 heteroatoms. The van der Waals surface area contributed by atoms with E-state index in [2.05, 4.69) is 12.2 Å². The van der Waals surface area contributed by atoms with Crippen molar-refractivity contribution < 1.29 is 13.9 Å². The van der Waals surface area contributed by atoms with Crippen molar-refractivity contribution in [1.29, 1.82) is 0 Å². The lowest BCUT2D eigenvalue weighted by Gasteiger charge is -2.17. The third-order valence-corrected chi connectivity index (χ3v) is 4.23. The molecule has 1 N–H and O–H groups in total. The van der Waals surface area contributed by atoms with Gasteiger partial charge in [0, 0.05) is 24.1 Å². The van der Waals surface area contributed by atoms with Crippen LogP contribution in [0, 0.1) is 0 Å². The van der Waals surface area contributed by atoms with Gasteiger partial charge in [0.05, 0.1) is 0 Å². The number of carbonyl (C=O) groups excluding carboxylic acids is 1. The molecule has 1 heterocycles. The standard InChI is InChI=1S/C21H21NO4/c1-14(16-6-4-3-5-7-16)13-22-21(24)15(2)25-18-10-8-17-9-11-20(23)26-19(17)12-18/h3-12,14-15H,13H2,1-2H3,(H,22,24). The first-order valence-corrected chi connectivity index (χ1v) is 8.56. The number of fused-ring (bicyclic) bond motifs is 1. The number of hydrogen-bond acceptors (Lipinski definition) is 4. The highest BCUT2D eigenvalue weighted by atomic mass is 16.5. The van der Waals surface area contributed by atoms with Crippen molar-refractivity contribution in [1.82, 2.24) is 5.32 Å². The van der Waals surface area contributed by atoms with Gasteiger partial charge in [-0.25, -0.2) is 4.79 Å². The van der Waals surface area contributed by atoms with E-state index in [1.54, 1.807) is 31.2 Å². The Hall–Kier alpha value is -3.08. The van der Waals surface area contributed by atoms with Crippen molar-refractivity contribution in [3.05, 3.63) is 76.6 Å². The Balaban J connectivity index is 1.59. The minimum Gasteiger partial charge on any atom is -0.481 e. The summed E-state index contributed by atoms with van der Waals surface area (Å²) in [6.45, 7) is 4.28. The summed E-state index contributed by atoms with van der Waals surface area (Å²) in [5.74, 6) is 0.496. The number of carbonyl (C=O) groups is 1. The molecule has 3 rings (SSSR count). The molecule has 0 fully saturated rings. The average molecular weight is 351 g/mol. The third-order valence-electron chi connectivity index (χ3n) is 4.23. The van der Waals surface area contributed by atoms with Crippen LogP contribution in [0.25, 0.3) is 11.0 Å².